The van der Waals surface area contributed by atoms with Crippen molar-refractivity contribution in [3.8, 4) is 5.75 Å². The molecule has 128 valence electrons. The van der Waals surface area contributed by atoms with Gasteiger partial charge < -0.3 is 15.0 Å². The van der Waals surface area contributed by atoms with E-state index >= 15 is 0 Å². The molecule has 4 rings (SSSR count). The number of rotatable bonds is 3. The van der Waals surface area contributed by atoms with Crippen LogP contribution in [0.2, 0.25) is 0 Å². The van der Waals surface area contributed by atoms with E-state index in [0.717, 1.165) is 29.5 Å². The van der Waals surface area contributed by atoms with Crippen molar-refractivity contribution in [2.45, 2.75) is 50.2 Å². The van der Waals surface area contributed by atoms with Gasteiger partial charge >= 0.3 is 0 Å². The fourth-order valence-corrected chi connectivity index (χ4v) is 4.28. The molecule has 1 aromatic heterocycles. The number of H-pyrrole nitrogens is 1. The van der Waals surface area contributed by atoms with Crippen molar-refractivity contribution in [1.29, 1.82) is 0 Å². The molecule has 2 aliphatic heterocycles. The fourth-order valence-electron chi connectivity index (χ4n) is 4.28. The topological polar surface area (TPSA) is 70.2 Å². The van der Waals surface area contributed by atoms with E-state index in [2.05, 4.69) is 27.5 Å². The number of hydrogen-bond donors (Lipinski definition) is 2. The maximum absolute atomic E-state index is 12.7. The molecular weight excluding hydrogens is 304 g/mol. The number of hydrogen-bond acceptors (Lipinski definition) is 4. The number of carbonyl (C=O) groups is 1. The van der Waals surface area contributed by atoms with Crippen molar-refractivity contribution in [1.82, 2.24) is 20.4 Å². The van der Waals surface area contributed by atoms with Crippen molar-refractivity contribution in [2.24, 2.45) is 0 Å². The highest BCUT2D eigenvalue weighted by Gasteiger charge is 2.36. The number of nitrogens with zero attached hydrogens (tertiary/aromatic N) is 2. The summed E-state index contributed by atoms with van der Waals surface area (Å²) < 4.78 is 5.26. The SMILES string of the molecule is COc1ccc2[nH]nc(C(=O)NC3CC4CCCC(C3)N4C)c2c1. The molecule has 2 fully saturated rings. The minimum atomic E-state index is -0.0953. The molecule has 2 bridgehead atoms. The number of nitrogens with one attached hydrogen (secondary N) is 2. The van der Waals surface area contributed by atoms with E-state index in [0.29, 0.717) is 17.8 Å². The maximum Gasteiger partial charge on any atom is 0.272 e. The van der Waals surface area contributed by atoms with E-state index < -0.39 is 0 Å². The lowest BCUT2D eigenvalue weighted by Crippen LogP contribution is -2.55. The lowest BCUT2D eigenvalue weighted by atomic mass is 9.82. The van der Waals surface area contributed by atoms with Gasteiger partial charge in [-0.1, -0.05) is 6.42 Å². The number of ether oxygens (including phenoxy) is 1. The molecule has 1 aromatic carbocycles. The molecule has 2 unspecified atom stereocenters. The second-order valence-corrected chi connectivity index (χ2v) is 7.03. The van der Waals surface area contributed by atoms with Gasteiger partial charge in [-0.25, -0.2) is 0 Å². The van der Waals surface area contributed by atoms with Crippen LogP contribution in [0.1, 0.15) is 42.6 Å². The van der Waals surface area contributed by atoms with Crippen LogP contribution in [0.15, 0.2) is 18.2 Å². The van der Waals surface area contributed by atoms with E-state index in [1.54, 1.807) is 7.11 Å². The Labute approximate surface area is 141 Å². The Bertz CT molecular complexity index is 743. The van der Waals surface area contributed by atoms with E-state index in [9.17, 15) is 4.79 Å². The van der Waals surface area contributed by atoms with Gasteiger partial charge in [-0.15, -0.1) is 0 Å². The quantitative estimate of drug-likeness (QED) is 0.907. The molecule has 2 atom stereocenters. The summed E-state index contributed by atoms with van der Waals surface area (Å²) in [5.41, 5.74) is 1.30. The highest BCUT2D eigenvalue weighted by Crippen LogP contribution is 2.33. The third kappa shape index (κ3) is 2.65. The van der Waals surface area contributed by atoms with Crippen molar-refractivity contribution in [3.63, 3.8) is 0 Å². The first-order valence-corrected chi connectivity index (χ1v) is 8.70. The zero-order valence-electron chi connectivity index (χ0n) is 14.2. The summed E-state index contributed by atoms with van der Waals surface area (Å²) >= 11 is 0. The summed E-state index contributed by atoms with van der Waals surface area (Å²) in [4.78, 5) is 15.2. The van der Waals surface area contributed by atoms with Crippen LogP contribution >= 0.6 is 0 Å². The van der Waals surface area contributed by atoms with Crippen LogP contribution in [0.4, 0.5) is 0 Å². The first kappa shape index (κ1) is 15.4. The molecule has 2 aromatic rings. The Morgan fingerprint density at radius 1 is 1.33 bits per heavy atom. The number of carbonyl (C=O) groups excluding carboxylic acids is 1. The van der Waals surface area contributed by atoms with Gasteiger partial charge in [0.25, 0.3) is 5.91 Å². The number of piperidine rings is 2. The zero-order valence-corrected chi connectivity index (χ0v) is 14.2. The molecule has 6 nitrogen and oxygen atoms in total. The Kier molecular flexibility index (Phi) is 3.92. The van der Waals surface area contributed by atoms with Crippen LogP contribution in [0.3, 0.4) is 0 Å². The van der Waals surface area contributed by atoms with Crippen molar-refractivity contribution >= 4 is 16.8 Å². The number of methoxy groups -OCH3 is 1. The highest BCUT2D eigenvalue weighted by atomic mass is 16.5. The summed E-state index contributed by atoms with van der Waals surface area (Å²) in [6.07, 6.45) is 5.85. The summed E-state index contributed by atoms with van der Waals surface area (Å²) in [6.45, 7) is 0. The van der Waals surface area contributed by atoms with Crippen molar-refractivity contribution in [3.05, 3.63) is 23.9 Å². The lowest BCUT2D eigenvalue weighted by molar-refractivity contribution is 0.0462. The van der Waals surface area contributed by atoms with Crippen LogP contribution in [-0.4, -0.2) is 53.3 Å². The van der Waals surface area contributed by atoms with Gasteiger partial charge in [0.05, 0.1) is 12.6 Å². The summed E-state index contributed by atoms with van der Waals surface area (Å²) in [6, 6.07) is 7.04. The molecule has 0 radical (unpaired) electrons. The molecule has 2 aliphatic rings. The van der Waals surface area contributed by atoms with Gasteiger partial charge in [-0.05, 0) is 50.9 Å². The van der Waals surface area contributed by atoms with Gasteiger partial charge in [0.2, 0.25) is 0 Å². The van der Waals surface area contributed by atoms with Crippen LogP contribution in [0, 0.1) is 0 Å². The zero-order chi connectivity index (χ0) is 16.7. The smallest absolute Gasteiger partial charge is 0.272 e. The van der Waals surface area contributed by atoms with Crippen LogP contribution in [0.25, 0.3) is 10.9 Å². The number of benzene rings is 1. The number of aromatic amines is 1. The predicted octanol–water partition coefficient (Wildman–Crippen LogP) is 2.32. The Balaban J connectivity index is 1.52. The van der Waals surface area contributed by atoms with Gasteiger partial charge in [0, 0.05) is 23.5 Å². The molecule has 0 spiro atoms. The molecule has 24 heavy (non-hydrogen) atoms. The average Bonchev–Trinajstić information content (AvgIpc) is 2.98. The first-order valence-electron chi connectivity index (χ1n) is 8.70. The fraction of sp³-hybridized carbons (Fsp3) is 0.556. The lowest BCUT2D eigenvalue weighted by Gasteiger charge is -2.47. The molecule has 0 aliphatic carbocycles. The molecule has 3 heterocycles. The molecule has 0 saturated carbocycles. The molecular formula is C18H24N4O2. The third-order valence-electron chi connectivity index (χ3n) is 5.66. The normalized spacial score (nSPS) is 27.2. The number of amides is 1. The Hall–Kier alpha value is -2.08. The van der Waals surface area contributed by atoms with Crippen molar-refractivity contribution < 1.29 is 9.53 Å². The number of aromatic nitrogens is 2. The summed E-state index contributed by atoms with van der Waals surface area (Å²) in [7, 11) is 3.85. The van der Waals surface area contributed by atoms with Gasteiger partial charge in [-0.3, -0.25) is 9.89 Å². The second-order valence-electron chi connectivity index (χ2n) is 7.03. The Morgan fingerprint density at radius 2 is 2.08 bits per heavy atom. The molecule has 6 heteroatoms. The first-order chi connectivity index (χ1) is 11.7. The van der Waals surface area contributed by atoms with E-state index in [-0.39, 0.29) is 11.9 Å². The van der Waals surface area contributed by atoms with Crippen LogP contribution < -0.4 is 10.1 Å². The standard InChI is InChI=1S/C18H24N4O2/c1-22-12-4-3-5-13(22)9-11(8-12)19-18(23)17-15-10-14(24-2)6-7-16(15)20-21-17/h6-7,10-13H,3-5,8-9H2,1-2H3,(H,19,23)(H,20,21). The van der Waals surface area contributed by atoms with Crippen molar-refractivity contribution in [2.75, 3.05) is 14.2 Å². The van der Waals surface area contributed by atoms with Gasteiger partial charge in [-0.2, -0.15) is 5.10 Å². The number of fused-ring (bicyclic) bond motifs is 3. The van der Waals surface area contributed by atoms with E-state index in [1.807, 2.05) is 18.2 Å². The molecule has 2 saturated heterocycles. The monoisotopic (exact) mass is 328 g/mol. The van der Waals surface area contributed by atoms with Crippen LogP contribution in [-0.2, 0) is 0 Å². The van der Waals surface area contributed by atoms with Gasteiger partial charge in [0.15, 0.2) is 5.69 Å². The summed E-state index contributed by atoms with van der Waals surface area (Å²) in [5, 5.41) is 11.2. The molecule has 2 N–H and O–H groups in total. The minimum absolute atomic E-state index is 0.0953. The van der Waals surface area contributed by atoms with E-state index in [1.165, 1.54) is 19.3 Å². The Morgan fingerprint density at radius 3 is 2.79 bits per heavy atom. The largest absolute Gasteiger partial charge is 0.497 e. The second kappa shape index (κ2) is 6.09. The third-order valence-corrected chi connectivity index (χ3v) is 5.66. The van der Waals surface area contributed by atoms with E-state index in [4.69, 9.17) is 4.74 Å². The van der Waals surface area contributed by atoms with Gasteiger partial charge in [0.1, 0.15) is 5.75 Å². The minimum Gasteiger partial charge on any atom is -0.497 e. The average molecular weight is 328 g/mol. The maximum atomic E-state index is 12.7. The van der Waals surface area contributed by atoms with Crippen LogP contribution in [0.5, 0.6) is 5.75 Å². The highest BCUT2D eigenvalue weighted by molar-refractivity contribution is 6.05. The summed E-state index contributed by atoms with van der Waals surface area (Å²) in [5.74, 6) is 0.633. The predicted molar refractivity (Wildman–Crippen MR) is 92.3 cm³/mol. The molecule has 1 amide bonds.